The molecule has 0 unspecified atom stereocenters. The molecule has 1 fully saturated rings. The fourth-order valence-electron chi connectivity index (χ4n) is 2.59. The number of halogens is 1. The van der Waals surface area contributed by atoms with Gasteiger partial charge in [-0.15, -0.1) is 0 Å². The monoisotopic (exact) mass is 374 g/mol. The third kappa shape index (κ3) is 5.44. The van der Waals surface area contributed by atoms with Crippen LogP contribution >= 0.6 is 11.6 Å². The summed E-state index contributed by atoms with van der Waals surface area (Å²) in [5.41, 5.74) is 1.06. The maximum atomic E-state index is 12.3. The number of nitrogens with zero attached hydrogens (tertiary/aromatic N) is 2. The van der Waals surface area contributed by atoms with Gasteiger partial charge in [0.1, 0.15) is 0 Å². The van der Waals surface area contributed by atoms with Crippen LogP contribution in [0.25, 0.3) is 0 Å². The number of hydrogen-bond acceptors (Lipinski definition) is 4. The lowest BCUT2D eigenvalue weighted by Crippen LogP contribution is -2.51. The predicted octanol–water partition coefficient (Wildman–Crippen LogP) is 1.39. The van der Waals surface area contributed by atoms with E-state index in [-0.39, 0.29) is 18.3 Å². The second-order valence-electron chi connectivity index (χ2n) is 5.72. The second-order valence-corrected chi connectivity index (χ2v) is 8.24. The van der Waals surface area contributed by atoms with Crippen molar-refractivity contribution in [2.24, 2.45) is 0 Å². The number of ether oxygens (including phenoxy) is 1. The molecule has 8 heteroatoms. The van der Waals surface area contributed by atoms with Gasteiger partial charge in [-0.3, -0.25) is 4.79 Å². The Morgan fingerprint density at radius 3 is 2.38 bits per heavy atom. The van der Waals surface area contributed by atoms with Crippen molar-refractivity contribution in [3.8, 4) is 0 Å². The van der Waals surface area contributed by atoms with Crippen LogP contribution in [0.3, 0.4) is 0 Å². The molecule has 1 aromatic rings. The fourth-order valence-corrected chi connectivity index (χ4v) is 4.07. The zero-order chi connectivity index (χ0) is 17.6. The molecule has 1 aromatic carbocycles. The Balaban J connectivity index is 1.79. The molecular formula is C16H23ClN2O4S. The molecule has 1 aliphatic rings. The minimum atomic E-state index is -3.30. The maximum absolute atomic E-state index is 12.3. The number of carbonyl (C=O) groups is 1. The summed E-state index contributed by atoms with van der Waals surface area (Å²) in [7, 11) is -1.82. The van der Waals surface area contributed by atoms with E-state index >= 15 is 0 Å². The predicted molar refractivity (Wildman–Crippen MR) is 93.6 cm³/mol. The minimum Gasteiger partial charge on any atom is -0.384 e. The number of aryl methyl sites for hydroxylation is 1. The summed E-state index contributed by atoms with van der Waals surface area (Å²) >= 11 is 5.84. The summed E-state index contributed by atoms with van der Waals surface area (Å²) in [4.78, 5) is 14.0. The number of piperazine rings is 1. The Morgan fingerprint density at radius 2 is 1.79 bits per heavy atom. The van der Waals surface area contributed by atoms with Crippen LogP contribution in [0.15, 0.2) is 24.3 Å². The van der Waals surface area contributed by atoms with Crippen molar-refractivity contribution in [3.05, 3.63) is 34.9 Å². The van der Waals surface area contributed by atoms with E-state index in [4.69, 9.17) is 16.3 Å². The molecule has 0 aromatic heterocycles. The highest BCUT2D eigenvalue weighted by Crippen LogP contribution is 2.13. The Morgan fingerprint density at radius 1 is 1.17 bits per heavy atom. The van der Waals surface area contributed by atoms with Gasteiger partial charge < -0.3 is 9.64 Å². The van der Waals surface area contributed by atoms with E-state index in [0.717, 1.165) is 5.56 Å². The normalized spacial score (nSPS) is 16.3. The van der Waals surface area contributed by atoms with Gasteiger partial charge in [0, 0.05) is 44.7 Å². The molecule has 1 aliphatic heterocycles. The van der Waals surface area contributed by atoms with E-state index in [1.54, 1.807) is 4.90 Å². The summed E-state index contributed by atoms with van der Waals surface area (Å²) in [6, 6.07) is 7.45. The van der Waals surface area contributed by atoms with Crippen LogP contribution in [0, 0.1) is 0 Å². The zero-order valence-electron chi connectivity index (χ0n) is 13.8. The Kier molecular flexibility index (Phi) is 7.03. The van der Waals surface area contributed by atoms with Crippen LogP contribution in [-0.4, -0.2) is 69.2 Å². The van der Waals surface area contributed by atoms with E-state index in [1.807, 2.05) is 24.3 Å². The standard InChI is InChI=1S/C16H23ClN2O4S/c1-23-12-13-24(21,22)19-10-8-18(9-11-19)16(20)7-4-14-2-5-15(17)6-3-14/h2-3,5-6H,4,7-13H2,1H3. The van der Waals surface area contributed by atoms with Crippen LogP contribution in [0.5, 0.6) is 0 Å². The van der Waals surface area contributed by atoms with Gasteiger partial charge in [-0.05, 0) is 24.1 Å². The van der Waals surface area contributed by atoms with Gasteiger partial charge in [0.05, 0.1) is 12.4 Å². The number of benzene rings is 1. The highest BCUT2D eigenvalue weighted by molar-refractivity contribution is 7.89. The van der Waals surface area contributed by atoms with Crippen molar-refractivity contribution >= 4 is 27.5 Å². The lowest BCUT2D eigenvalue weighted by molar-refractivity contribution is -0.132. The van der Waals surface area contributed by atoms with Crippen molar-refractivity contribution in [1.82, 2.24) is 9.21 Å². The lowest BCUT2D eigenvalue weighted by Gasteiger charge is -2.34. The molecule has 134 valence electrons. The number of carbonyl (C=O) groups excluding carboxylic acids is 1. The largest absolute Gasteiger partial charge is 0.384 e. The first-order valence-corrected chi connectivity index (χ1v) is 9.90. The SMILES string of the molecule is COCCS(=O)(=O)N1CCN(C(=O)CCc2ccc(Cl)cc2)CC1. The molecule has 0 spiro atoms. The lowest BCUT2D eigenvalue weighted by atomic mass is 10.1. The number of sulfonamides is 1. The molecule has 1 amide bonds. The molecule has 6 nitrogen and oxygen atoms in total. The van der Waals surface area contributed by atoms with Crippen LogP contribution in [0.4, 0.5) is 0 Å². The van der Waals surface area contributed by atoms with Crippen LogP contribution in [0.1, 0.15) is 12.0 Å². The summed E-state index contributed by atoms with van der Waals surface area (Å²) in [5, 5.41) is 0.677. The average molecular weight is 375 g/mol. The molecule has 2 rings (SSSR count). The number of amides is 1. The number of rotatable bonds is 7. The molecule has 0 radical (unpaired) electrons. The van der Waals surface area contributed by atoms with Crippen molar-refractivity contribution in [2.75, 3.05) is 45.6 Å². The van der Waals surface area contributed by atoms with E-state index in [9.17, 15) is 13.2 Å². The van der Waals surface area contributed by atoms with Crippen LogP contribution < -0.4 is 0 Å². The summed E-state index contributed by atoms with van der Waals surface area (Å²) in [5.74, 6) is 0.0347. The minimum absolute atomic E-state index is 0.0198. The first-order valence-electron chi connectivity index (χ1n) is 7.91. The summed E-state index contributed by atoms with van der Waals surface area (Å²) in [6.07, 6.45) is 1.07. The molecule has 0 saturated carbocycles. The van der Waals surface area contributed by atoms with Crippen molar-refractivity contribution < 1.29 is 17.9 Å². The highest BCUT2D eigenvalue weighted by atomic mass is 35.5. The molecule has 1 heterocycles. The highest BCUT2D eigenvalue weighted by Gasteiger charge is 2.28. The van der Waals surface area contributed by atoms with Crippen LogP contribution in [-0.2, 0) is 26.0 Å². The molecule has 0 bridgehead atoms. The Hall–Kier alpha value is -1.15. The van der Waals surface area contributed by atoms with Crippen molar-refractivity contribution in [1.29, 1.82) is 0 Å². The van der Waals surface area contributed by atoms with Crippen molar-refractivity contribution in [3.63, 3.8) is 0 Å². The topological polar surface area (TPSA) is 66.9 Å². The van der Waals surface area contributed by atoms with Crippen molar-refractivity contribution in [2.45, 2.75) is 12.8 Å². The third-order valence-electron chi connectivity index (χ3n) is 4.07. The second kappa shape index (κ2) is 8.80. The van der Waals surface area contributed by atoms with E-state index in [2.05, 4.69) is 0 Å². The van der Waals surface area contributed by atoms with E-state index in [0.29, 0.717) is 44.0 Å². The number of methoxy groups -OCH3 is 1. The van der Waals surface area contributed by atoms with Gasteiger partial charge in [-0.2, -0.15) is 4.31 Å². The summed E-state index contributed by atoms with van der Waals surface area (Å²) in [6.45, 7) is 1.75. The molecule has 0 atom stereocenters. The maximum Gasteiger partial charge on any atom is 0.222 e. The average Bonchev–Trinajstić information content (AvgIpc) is 2.59. The first-order chi connectivity index (χ1) is 11.4. The van der Waals surface area contributed by atoms with Crippen LogP contribution in [0.2, 0.25) is 5.02 Å². The Bertz CT molecular complexity index is 641. The van der Waals surface area contributed by atoms with E-state index < -0.39 is 10.0 Å². The van der Waals surface area contributed by atoms with Gasteiger partial charge in [0.2, 0.25) is 15.9 Å². The third-order valence-corrected chi connectivity index (χ3v) is 6.16. The molecule has 24 heavy (non-hydrogen) atoms. The molecule has 0 aliphatic carbocycles. The number of hydrogen-bond donors (Lipinski definition) is 0. The smallest absolute Gasteiger partial charge is 0.222 e. The van der Waals surface area contributed by atoms with Gasteiger partial charge in [-0.1, -0.05) is 23.7 Å². The Labute approximate surface area is 148 Å². The van der Waals surface area contributed by atoms with Gasteiger partial charge in [0.15, 0.2) is 0 Å². The molecule has 0 N–H and O–H groups in total. The van der Waals surface area contributed by atoms with E-state index in [1.165, 1.54) is 11.4 Å². The molecule has 1 saturated heterocycles. The first kappa shape index (κ1) is 19.2. The van der Waals surface area contributed by atoms with Gasteiger partial charge in [0.25, 0.3) is 0 Å². The summed E-state index contributed by atoms with van der Waals surface area (Å²) < 4.78 is 30.5. The fraction of sp³-hybridized carbons (Fsp3) is 0.562. The van der Waals surface area contributed by atoms with Gasteiger partial charge >= 0.3 is 0 Å². The van der Waals surface area contributed by atoms with Gasteiger partial charge in [-0.25, -0.2) is 8.42 Å². The molecular weight excluding hydrogens is 352 g/mol. The zero-order valence-corrected chi connectivity index (χ0v) is 15.4. The quantitative estimate of drug-likeness (QED) is 0.723.